The van der Waals surface area contributed by atoms with E-state index >= 15 is 0 Å². The minimum atomic E-state index is -3.97. The van der Waals surface area contributed by atoms with Crippen molar-refractivity contribution in [2.24, 2.45) is 0 Å². The number of carbonyl (C=O) groups excluding carboxylic acids is 1. The third kappa shape index (κ3) is 5.73. The van der Waals surface area contributed by atoms with Crippen molar-refractivity contribution in [1.82, 2.24) is 19.8 Å². The molecule has 1 aliphatic rings. The molecule has 0 fully saturated rings. The summed E-state index contributed by atoms with van der Waals surface area (Å²) in [4.78, 5) is 12.1. The molecular formula is C21H19Cl3N4O3S2. The molecule has 0 spiro atoms. The van der Waals surface area contributed by atoms with Crippen molar-refractivity contribution in [3.63, 3.8) is 0 Å². The average Bonchev–Trinajstić information content (AvgIpc) is 3.37. The molecule has 0 saturated carbocycles. The highest BCUT2D eigenvalue weighted by molar-refractivity contribution is 7.92. The largest absolute Gasteiger partial charge is 0.334 e. The summed E-state index contributed by atoms with van der Waals surface area (Å²) < 4.78 is 28.7. The Morgan fingerprint density at radius 1 is 1.18 bits per heavy atom. The molecule has 0 saturated heterocycles. The fourth-order valence-electron chi connectivity index (χ4n) is 3.61. The molecular weight excluding hydrogens is 527 g/mol. The van der Waals surface area contributed by atoms with Gasteiger partial charge in [-0.1, -0.05) is 46.9 Å². The van der Waals surface area contributed by atoms with Crippen molar-refractivity contribution in [2.45, 2.75) is 30.0 Å². The highest BCUT2D eigenvalue weighted by Crippen LogP contribution is 2.32. The Morgan fingerprint density at radius 3 is 2.73 bits per heavy atom. The van der Waals surface area contributed by atoms with Crippen LogP contribution in [0.3, 0.4) is 0 Å². The van der Waals surface area contributed by atoms with Crippen LogP contribution in [0.15, 0.2) is 46.8 Å². The minimum absolute atomic E-state index is 0.0253. The maximum atomic E-state index is 12.3. The van der Waals surface area contributed by atoms with E-state index < -0.39 is 16.1 Å². The van der Waals surface area contributed by atoms with Crippen LogP contribution in [0.1, 0.15) is 29.7 Å². The number of nitrogens with zero attached hydrogens (tertiary/aromatic N) is 2. The summed E-state index contributed by atoms with van der Waals surface area (Å²) in [6.45, 7) is 0.645. The Kier molecular flexibility index (Phi) is 7.35. The van der Waals surface area contributed by atoms with Crippen LogP contribution in [0.5, 0.6) is 0 Å². The predicted octanol–water partition coefficient (Wildman–Crippen LogP) is 5.36. The second-order valence-electron chi connectivity index (χ2n) is 7.37. The summed E-state index contributed by atoms with van der Waals surface area (Å²) in [5, 5.41) is 8.24. The van der Waals surface area contributed by atoms with Crippen LogP contribution in [0.4, 0.5) is 4.79 Å². The molecule has 3 aromatic rings. The maximum Gasteiger partial charge on any atom is 0.328 e. The molecule has 1 aromatic carbocycles. The van der Waals surface area contributed by atoms with Crippen LogP contribution in [0.2, 0.25) is 14.4 Å². The SMILES string of the molecule is O=C(NC/C=C1\CCCc2cnn(Cc3ccc(Cl)cc3Cl)c21)NS(=O)(=O)c1ccc(Cl)s1. The van der Waals surface area contributed by atoms with E-state index in [1.807, 2.05) is 27.7 Å². The number of allylic oxidation sites excluding steroid dienone is 1. The highest BCUT2D eigenvalue weighted by Gasteiger charge is 2.21. The van der Waals surface area contributed by atoms with Crippen molar-refractivity contribution >= 4 is 67.8 Å². The molecule has 7 nitrogen and oxygen atoms in total. The van der Waals surface area contributed by atoms with E-state index in [1.165, 1.54) is 12.1 Å². The van der Waals surface area contributed by atoms with Gasteiger partial charge in [0.1, 0.15) is 4.21 Å². The summed E-state index contributed by atoms with van der Waals surface area (Å²) in [6, 6.07) is 7.36. The minimum Gasteiger partial charge on any atom is -0.334 e. The van der Waals surface area contributed by atoms with Crippen LogP contribution in [0.25, 0.3) is 5.57 Å². The average molecular weight is 546 g/mol. The molecule has 0 aliphatic heterocycles. The zero-order chi connectivity index (χ0) is 23.6. The molecule has 33 heavy (non-hydrogen) atoms. The summed E-state index contributed by atoms with van der Waals surface area (Å²) >= 11 is 19.0. The Hall–Kier alpha value is -2.04. The number of amides is 2. The van der Waals surface area contributed by atoms with Gasteiger partial charge in [0.15, 0.2) is 0 Å². The molecule has 174 valence electrons. The summed E-state index contributed by atoms with van der Waals surface area (Å²) in [5.74, 6) is 0. The van der Waals surface area contributed by atoms with Gasteiger partial charge in [-0.25, -0.2) is 17.9 Å². The molecule has 0 bridgehead atoms. The topological polar surface area (TPSA) is 93.1 Å². The molecule has 2 heterocycles. The van der Waals surface area contributed by atoms with Crippen LogP contribution in [-0.2, 0) is 23.0 Å². The lowest BCUT2D eigenvalue weighted by molar-refractivity contribution is 0.247. The van der Waals surface area contributed by atoms with Gasteiger partial charge in [-0.3, -0.25) is 4.68 Å². The van der Waals surface area contributed by atoms with E-state index in [0.29, 0.717) is 20.9 Å². The lowest BCUT2D eigenvalue weighted by Gasteiger charge is -2.18. The van der Waals surface area contributed by atoms with Gasteiger partial charge >= 0.3 is 6.03 Å². The zero-order valence-corrected chi connectivity index (χ0v) is 21.0. The summed E-state index contributed by atoms with van der Waals surface area (Å²) in [7, 11) is -3.97. The number of halogens is 3. The number of benzene rings is 1. The van der Waals surface area contributed by atoms with E-state index in [1.54, 1.807) is 12.1 Å². The fourth-order valence-corrected chi connectivity index (χ4v) is 6.49. The van der Waals surface area contributed by atoms with Gasteiger partial charge in [-0.15, -0.1) is 11.3 Å². The number of aromatic nitrogens is 2. The quantitative estimate of drug-likeness (QED) is 0.436. The van der Waals surface area contributed by atoms with Crippen LogP contribution in [-0.4, -0.2) is 30.8 Å². The number of rotatable bonds is 6. The molecule has 4 rings (SSSR count). The molecule has 2 aromatic heterocycles. The normalized spacial score (nSPS) is 14.8. The first-order valence-corrected chi connectivity index (χ1v) is 13.4. The number of urea groups is 1. The third-order valence-corrected chi connectivity index (χ3v) is 8.74. The van der Waals surface area contributed by atoms with E-state index in [2.05, 4.69) is 10.4 Å². The van der Waals surface area contributed by atoms with Gasteiger partial charge in [0.2, 0.25) is 0 Å². The Labute approximate surface area is 210 Å². The molecule has 2 N–H and O–H groups in total. The predicted molar refractivity (Wildman–Crippen MR) is 132 cm³/mol. The number of hydrogen-bond donors (Lipinski definition) is 2. The smallest absolute Gasteiger partial charge is 0.328 e. The molecule has 1 aliphatic carbocycles. The number of thiophene rings is 1. The standard InChI is InChI=1S/C21H19Cl3N4O3S2/c22-16-5-4-15(17(23)10-16)12-28-20-13(2-1-3-14(20)11-26-28)8-9-25-21(29)27-33(30,31)19-7-6-18(24)32-19/h4-8,10-11H,1-3,9,12H2,(H2,25,27,29)/b13-8+. The first-order valence-electron chi connectivity index (χ1n) is 9.97. The highest BCUT2D eigenvalue weighted by atomic mass is 35.5. The summed E-state index contributed by atoms with van der Waals surface area (Å²) in [6.07, 6.45) is 6.43. The molecule has 0 unspecified atom stereocenters. The van der Waals surface area contributed by atoms with E-state index in [9.17, 15) is 13.2 Å². The molecule has 0 atom stereocenters. The Morgan fingerprint density at radius 2 is 2.00 bits per heavy atom. The van der Waals surface area contributed by atoms with Crippen LogP contribution >= 0.6 is 46.1 Å². The second kappa shape index (κ2) is 10.1. The first-order chi connectivity index (χ1) is 15.7. The fraction of sp³-hybridized carbons (Fsp3) is 0.238. The number of hydrogen-bond acceptors (Lipinski definition) is 5. The van der Waals surface area contributed by atoms with E-state index in [0.717, 1.165) is 53.0 Å². The molecule has 2 amide bonds. The number of fused-ring (bicyclic) bond motifs is 1. The number of sulfonamides is 1. The van der Waals surface area contributed by atoms with Gasteiger partial charge in [0.05, 0.1) is 22.8 Å². The lowest BCUT2D eigenvalue weighted by Crippen LogP contribution is -2.39. The van der Waals surface area contributed by atoms with Crippen molar-refractivity contribution in [1.29, 1.82) is 0 Å². The Balaban J connectivity index is 1.45. The van der Waals surface area contributed by atoms with Gasteiger partial charge in [-0.05, 0) is 60.2 Å². The zero-order valence-electron chi connectivity index (χ0n) is 17.1. The van der Waals surface area contributed by atoms with Crippen LogP contribution in [0, 0.1) is 0 Å². The van der Waals surface area contributed by atoms with Gasteiger partial charge in [0.25, 0.3) is 10.0 Å². The van der Waals surface area contributed by atoms with Crippen molar-refractivity contribution in [3.8, 4) is 0 Å². The molecule has 12 heteroatoms. The molecule has 0 radical (unpaired) electrons. The van der Waals surface area contributed by atoms with E-state index in [4.69, 9.17) is 34.8 Å². The van der Waals surface area contributed by atoms with Crippen molar-refractivity contribution in [2.75, 3.05) is 6.54 Å². The first kappa shape index (κ1) is 24.1. The monoisotopic (exact) mass is 544 g/mol. The maximum absolute atomic E-state index is 12.3. The Bertz CT molecular complexity index is 1330. The number of aryl methyl sites for hydroxylation is 1. The summed E-state index contributed by atoms with van der Waals surface area (Å²) in [5.41, 5.74) is 4.05. The lowest BCUT2D eigenvalue weighted by atomic mass is 9.92. The van der Waals surface area contributed by atoms with Gasteiger partial charge < -0.3 is 5.32 Å². The van der Waals surface area contributed by atoms with E-state index in [-0.39, 0.29) is 10.8 Å². The van der Waals surface area contributed by atoms with Gasteiger partial charge in [0, 0.05) is 16.6 Å². The van der Waals surface area contributed by atoms with Crippen molar-refractivity contribution in [3.05, 3.63) is 73.8 Å². The van der Waals surface area contributed by atoms with Crippen molar-refractivity contribution < 1.29 is 13.2 Å². The number of carbonyl (C=O) groups is 1. The van der Waals surface area contributed by atoms with Gasteiger partial charge in [-0.2, -0.15) is 5.10 Å². The second-order valence-corrected chi connectivity index (χ2v) is 11.8. The third-order valence-electron chi connectivity index (χ3n) is 5.10. The number of nitrogens with one attached hydrogen (secondary N) is 2. The van der Waals surface area contributed by atoms with Crippen LogP contribution < -0.4 is 10.0 Å².